The highest BCUT2D eigenvalue weighted by atomic mass is 79.9. The SMILES string of the molecule is C[C@@H](c1cc2ccccc2o1)N(C)C(=O)Cc1ccc(Br)cc1. The lowest BCUT2D eigenvalue weighted by atomic mass is 10.1. The first-order valence-electron chi connectivity index (χ1n) is 7.53. The average molecular weight is 372 g/mol. The van der Waals surface area contributed by atoms with Crippen molar-refractivity contribution in [3.05, 3.63) is 70.4 Å². The lowest BCUT2D eigenvalue weighted by Gasteiger charge is -2.23. The van der Waals surface area contributed by atoms with Crippen LogP contribution in [0, 0.1) is 0 Å². The molecule has 2 aromatic carbocycles. The van der Waals surface area contributed by atoms with Crippen molar-refractivity contribution in [2.75, 3.05) is 7.05 Å². The third-order valence-corrected chi connectivity index (χ3v) is 4.63. The number of halogens is 1. The van der Waals surface area contributed by atoms with E-state index in [1.54, 1.807) is 4.90 Å². The summed E-state index contributed by atoms with van der Waals surface area (Å²) in [6, 6.07) is 17.6. The molecule has 1 atom stereocenters. The molecule has 0 aliphatic rings. The van der Waals surface area contributed by atoms with Gasteiger partial charge >= 0.3 is 0 Å². The van der Waals surface area contributed by atoms with Crippen molar-refractivity contribution in [2.45, 2.75) is 19.4 Å². The molecule has 0 N–H and O–H groups in total. The Balaban J connectivity index is 1.74. The fourth-order valence-electron chi connectivity index (χ4n) is 2.52. The topological polar surface area (TPSA) is 33.5 Å². The van der Waals surface area contributed by atoms with E-state index in [2.05, 4.69) is 15.9 Å². The van der Waals surface area contributed by atoms with Gasteiger partial charge in [0.15, 0.2) is 0 Å². The minimum atomic E-state index is -0.106. The molecule has 1 aromatic heterocycles. The molecule has 118 valence electrons. The predicted molar refractivity (Wildman–Crippen MR) is 95.2 cm³/mol. The minimum absolute atomic E-state index is 0.0697. The summed E-state index contributed by atoms with van der Waals surface area (Å²) >= 11 is 3.40. The summed E-state index contributed by atoms with van der Waals surface area (Å²) in [5.74, 6) is 0.873. The first-order valence-corrected chi connectivity index (χ1v) is 8.32. The smallest absolute Gasteiger partial charge is 0.227 e. The Morgan fingerprint density at radius 2 is 1.87 bits per heavy atom. The van der Waals surface area contributed by atoms with Crippen LogP contribution in [-0.4, -0.2) is 17.9 Å². The molecule has 4 heteroatoms. The van der Waals surface area contributed by atoms with Crippen LogP contribution in [0.15, 0.2) is 63.5 Å². The molecule has 0 fully saturated rings. The standard InChI is InChI=1S/C19H18BrNO2/c1-13(18-12-15-5-3-4-6-17(15)23-18)21(2)19(22)11-14-7-9-16(20)10-8-14/h3-10,12-13H,11H2,1-2H3/t13-/m0/s1. The van der Waals surface area contributed by atoms with Crippen molar-refractivity contribution in [1.82, 2.24) is 4.90 Å². The van der Waals surface area contributed by atoms with E-state index in [9.17, 15) is 4.79 Å². The average Bonchev–Trinajstić information content (AvgIpc) is 2.99. The van der Waals surface area contributed by atoms with Crippen LogP contribution in [0.3, 0.4) is 0 Å². The van der Waals surface area contributed by atoms with Crippen molar-refractivity contribution < 1.29 is 9.21 Å². The Kier molecular flexibility index (Phi) is 4.53. The number of nitrogens with zero attached hydrogens (tertiary/aromatic N) is 1. The van der Waals surface area contributed by atoms with Crippen molar-refractivity contribution >= 4 is 32.8 Å². The number of rotatable bonds is 4. The summed E-state index contributed by atoms with van der Waals surface area (Å²) in [7, 11) is 1.82. The zero-order chi connectivity index (χ0) is 16.4. The summed E-state index contributed by atoms with van der Waals surface area (Å²) in [6.07, 6.45) is 0.383. The largest absolute Gasteiger partial charge is 0.459 e. The molecule has 23 heavy (non-hydrogen) atoms. The summed E-state index contributed by atoms with van der Waals surface area (Å²) in [5, 5.41) is 1.06. The number of carbonyl (C=O) groups excluding carboxylic acids is 1. The molecule has 0 saturated heterocycles. The van der Waals surface area contributed by atoms with Crippen LogP contribution in [0.1, 0.15) is 24.3 Å². The van der Waals surface area contributed by atoms with Crippen LogP contribution in [0.2, 0.25) is 0 Å². The molecule has 1 amide bonds. The van der Waals surface area contributed by atoms with E-state index in [1.165, 1.54) is 0 Å². The first-order chi connectivity index (χ1) is 11.0. The third-order valence-electron chi connectivity index (χ3n) is 4.10. The van der Waals surface area contributed by atoms with Crippen LogP contribution >= 0.6 is 15.9 Å². The highest BCUT2D eigenvalue weighted by Gasteiger charge is 2.20. The Morgan fingerprint density at radius 3 is 2.57 bits per heavy atom. The van der Waals surface area contributed by atoms with E-state index in [-0.39, 0.29) is 11.9 Å². The van der Waals surface area contributed by atoms with E-state index in [4.69, 9.17) is 4.42 Å². The highest BCUT2D eigenvalue weighted by Crippen LogP contribution is 2.27. The first kappa shape index (κ1) is 15.8. The maximum atomic E-state index is 12.5. The van der Waals surface area contributed by atoms with Gasteiger partial charge in [0.05, 0.1) is 12.5 Å². The molecule has 0 spiro atoms. The van der Waals surface area contributed by atoms with Gasteiger partial charge in [-0.05, 0) is 36.8 Å². The Hall–Kier alpha value is -2.07. The van der Waals surface area contributed by atoms with Crippen LogP contribution in [0.25, 0.3) is 11.0 Å². The van der Waals surface area contributed by atoms with Gasteiger partial charge in [-0.3, -0.25) is 4.79 Å². The number of likely N-dealkylation sites (N-methyl/N-ethyl adjacent to an activating group) is 1. The summed E-state index contributed by atoms with van der Waals surface area (Å²) in [6.45, 7) is 1.98. The number of benzene rings is 2. The molecule has 3 rings (SSSR count). The van der Waals surface area contributed by atoms with Crippen LogP contribution in [-0.2, 0) is 11.2 Å². The van der Waals surface area contributed by atoms with Gasteiger partial charge in [0.2, 0.25) is 5.91 Å². The molecule has 1 heterocycles. The van der Waals surface area contributed by atoms with Gasteiger partial charge in [0.25, 0.3) is 0 Å². The number of fused-ring (bicyclic) bond motifs is 1. The van der Waals surface area contributed by atoms with E-state index in [0.717, 1.165) is 26.8 Å². The van der Waals surface area contributed by atoms with Crippen molar-refractivity contribution in [1.29, 1.82) is 0 Å². The number of hydrogen-bond acceptors (Lipinski definition) is 2. The van der Waals surface area contributed by atoms with Crippen LogP contribution in [0.5, 0.6) is 0 Å². The second kappa shape index (κ2) is 6.59. The molecule has 3 aromatic rings. The van der Waals surface area contributed by atoms with Crippen LogP contribution < -0.4 is 0 Å². The van der Waals surface area contributed by atoms with E-state index in [0.29, 0.717) is 6.42 Å². The van der Waals surface area contributed by atoms with Gasteiger partial charge in [-0.1, -0.05) is 46.3 Å². The fourth-order valence-corrected chi connectivity index (χ4v) is 2.78. The lowest BCUT2D eigenvalue weighted by Crippen LogP contribution is -2.30. The molecule has 0 aliphatic carbocycles. The molecule has 0 bridgehead atoms. The molecular weight excluding hydrogens is 354 g/mol. The number of carbonyl (C=O) groups is 1. The molecule has 0 aliphatic heterocycles. The summed E-state index contributed by atoms with van der Waals surface area (Å²) in [4.78, 5) is 14.2. The number of hydrogen-bond donors (Lipinski definition) is 0. The number of para-hydroxylation sites is 1. The number of furan rings is 1. The van der Waals surface area contributed by atoms with Gasteiger partial charge in [0, 0.05) is 16.9 Å². The molecule has 0 unspecified atom stereocenters. The van der Waals surface area contributed by atoms with E-state index >= 15 is 0 Å². The highest BCUT2D eigenvalue weighted by molar-refractivity contribution is 9.10. The molecule has 3 nitrogen and oxygen atoms in total. The fraction of sp³-hybridized carbons (Fsp3) is 0.211. The van der Waals surface area contributed by atoms with Gasteiger partial charge in [-0.2, -0.15) is 0 Å². The van der Waals surface area contributed by atoms with Gasteiger partial charge in [0.1, 0.15) is 11.3 Å². The minimum Gasteiger partial charge on any atom is -0.459 e. The Bertz CT molecular complexity index is 790. The molecular formula is C19H18BrNO2. The quantitative estimate of drug-likeness (QED) is 0.649. The van der Waals surface area contributed by atoms with E-state index < -0.39 is 0 Å². The predicted octanol–water partition coefficient (Wildman–Crippen LogP) is 4.96. The summed E-state index contributed by atoms with van der Waals surface area (Å²) in [5.41, 5.74) is 1.85. The van der Waals surface area contributed by atoms with Crippen molar-refractivity contribution in [3.63, 3.8) is 0 Å². The zero-order valence-electron chi connectivity index (χ0n) is 13.1. The van der Waals surface area contributed by atoms with Crippen molar-refractivity contribution in [2.24, 2.45) is 0 Å². The maximum Gasteiger partial charge on any atom is 0.227 e. The normalized spacial score (nSPS) is 12.3. The Labute approximate surface area is 144 Å². The zero-order valence-corrected chi connectivity index (χ0v) is 14.7. The lowest BCUT2D eigenvalue weighted by molar-refractivity contribution is -0.131. The molecule has 0 saturated carbocycles. The van der Waals surface area contributed by atoms with Crippen LogP contribution in [0.4, 0.5) is 0 Å². The van der Waals surface area contributed by atoms with Gasteiger partial charge < -0.3 is 9.32 Å². The maximum absolute atomic E-state index is 12.5. The van der Waals surface area contributed by atoms with Gasteiger partial charge in [-0.25, -0.2) is 0 Å². The second-order valence-electron chi connectivity index (χ2n) is 5.67. The monoisotopic (exact) mass is 371 g/mol. The van der Waals surface area contributed by atoms with Crippen molar-refractivity contribution in [3.8, 4) is 0 Å². The number of amides is 1. The summed E-state index contributed by atoms with van der Waals surface area (Å²) < 4.78 is 6.88. The van der Waals surface area contributed by atoms with E-state index in [1.807, 2.05) is 68.6 Å². The molecule has 0 radical (unpaired) electrons. The van der Waals surface area contributed by atoms with Gasteiger partial charge in [-0.15, -0.1) is 0 Å². The third kappa shape index (κ3) is 3.48. The second-order valence-corrected chi connectivity index (χ2v) is 6.59. The Morgan fingerprint density at radius 1 is 1.17 bits per heavy atom.